The van der Waals surface area contributed by atoms with Gasteiger partial charge in [0.05, 0.1) is 34.7 Å². The molecule has 2 rings (SSSR count). The van der Waals surface area contributed by atoms with E-state index in [0.717, 1.165) is 0 Å². The van der Waals surface area contributed by atoms with Gasteiger partial charge in [0, 0.05) is 42.3 Å². The Bertz CT molecular complexity index is 1080. The quantitative estimate of drug-likeness (QED) is 0.0596. The Balaban J connectivity index is 2.64. The number of nitriles is 1. The number of allylic oxidation sites excluding steroid dienone is 1. The number of likely N-dealkylation sites (N-methyl/N-ethyl adjacent to an activating group) is 1. The van der Waals surface area contributed by atoms with Gasteiger partial charge in [0.2, 0.25) is 6.41 Å². The largest absolute Gasteiger partial charge is 0.461 e. The Morgan fingerprint density at radius 3 is 2.69 bits per heavy atom. The smallest absolute Gasteiger partial charge is 0.336 e. The summed E-state index contributed by atoms with van der Waals surface area (Å²) in [4.78, 5) is 44.6. The highest BCUT2D eigenvalue weighted by Crippen LogP contribution is 2.40. The van der Waals surface area contributed by atoms with Crippen LogP contribution in [0, 0.1) is 21.4 Å². The minimum atomic E-state index is -0.680. The molecule has 0 N–H and O–H groups in total. The van der Waals surface area contributed by atoms with E-state index in [4.69, 9.17) is 20.5 Å². The van der Waals surface area contributed by atoms with Crippen molar-refractivity contribution in [3.63, 3.8) is 0 Å². The lowest BCUT2D eigenvalue weighted by molar-refractivity contribution is -0.384. The van der Waals surface area contributed by atoms with Gasteiger partial charge in [-0.15, -0.1) is 0 Å². The lowest BCUT2D eigenvalue weighted by Crippen LogP contribution is -2.46. The summed E-state index contributed by atoms with van der Waals surface area (Å²) in [5.41, 5.74) is 10.4. The number of hydrogen-bond acceptors (Lipinski definition) is 8. The number of aliphatic imine (C=N–C) groups is 1. The van der Waals surface area contributed by atoms with Crippen molar-refractivity contribution in [2.24, 2.45) is 10.1 Å². The van der Waals surface area contributed by atoms with E-state index in [0.29, 0.717) is 55.6 Å². The summed E-state index contributed by atoms with van der Waals surface area (Å²) in [7, 11) is 1.59. The number of esters is 1. The standard InChI is InChI=1S/C23H27N7O5/c1-3-18-22(29(2)15-31)20(16-8-10-17(11-9-16)30(33)34)21(23(32)35-14-6-12-24)19(27-18)7-4-5-13-26-28-25/h8-11,15,20,22H,3-7,13-14H2,1-2H3. The van der Waals surface area contributed by atoms with Crippen LogP contribution in [0.3, 0.4) is 0 Å². The molecule has 0 saturated heterocycles. The van der Waals surface area contributed by atoms with Crippen LogP contribution < -0.4 is 0 Å². The maximum Gasteiger partial charge on any atom is 0.336 e. The Hall–Kier alpha value is -4.23. The lowest BCUT2D eigenvalue weighted by Gasteiger charge is -2.38. The topological polar surface area (TPSA) is 175 Å². The van der Waals surface area contributed by atoms with E-state index in [1.165, 1.54) is 17.0 Å². The molecule has 0 fully saturated rings. The molecule has 2 atom stereocenters. The van der Waals surface area contributed by atoms with Crippen LogP contribution in [0.15, 0.2) is 45.6 Å². The molecule has 1 aromatic carbocycles. The summed E-state index contributed by atoms with van der Waals surface area (Å²) in [5.74, 6) is -1.34. The van der Waals surface area contributed by atoms with E-state index >= 15 is 0 Å². The Labute approximate surface area is 202 Å². The zero-order chi connectivity index (χ0) is 25.8. The number of benzene rings is 1. The number of rotatable bonds is 13. The number of carbonyl (C=O) groups excluding carboxylic acids is 2. The molecule has 0 aliphatic carbocycles. The molecule has 0 radical (unpaired) electrons. The molecule has 184 valence electrons. The van der Waals surface area contributed by atoms with Gasteiger partial charge in [0.25, 0.3) is 5.69 Å². The summed E-state index contributed by atoms with van der Waals surface area (Å²) in [6.07, 6.45) is 2.74. The van der Waals surface area contributed by atoms with Crippen LogP contribution in [-0.2, 0) is 14.3 Å². The van der Waals surface area contributed by atoms with E-state index in [1.807, 2.05) is 13.0 Å². The van der Waals surface area contributed by atoms with Crippen LogP contribution in [0.1, 0.15) is 50.5 Å². The average molecular weight is 482 g/mol. The van der Waals surface area contributed by atoms with Crippen molar-refractivity contribution in [2.75, 3.05) is 20.2 Å². The third-order valence-electron chi connectivity index (χ3n) is 5.64. The van der Waals surface area contributed by atoms with Gasteiger partial charge in [-0.25, -0.2) is 4.79 Å². The van der Waals surface area contributed by atoms with Crippen LogP contribution >= 0.6 is 0 Å². The predicted octanol–water partition coefficient (Wildman–Crippen LogP) is 4.19. The van der Waals surface area contributed by atoms with Crippen LogP contribution in [-0.4, -0.2) is 54.2 Å². The number of amides is 1. The molecular formula is C23H27N7O5. The fraction of sp³-hybridized carbons (Fsp3) is 0.478. The van der Waals surface area contributed by atoms with Gasteiger partial charge in [-0.2, -0.15) is 5.26 Å². The van der Waals surface area contributed by atoms with Gasteiger partial charge >= 0.3 is 5.97 Å². The van der Waals surface area contributed by atoms with Crippen molar-refractivity contribution in [3.8, 4) is 6.07 Å². The molecule has 0 bridgehead atoms. The van der Waals surface area contributed by atoms with Crippen molar-refractivity contribution in [3.05, 3.63) is 61.7 Å². The molecule has 1 aliphatic rings. The first kappa shape index (κ1) is 27.0. The molecule has 2 unspecified atom stereocenters. The van der Waals surface area contributed by atoms with Crippen molar-refractivity contribution >= 4 is 23.8 Å². The van der Waals surface area contributed by atoms with Gasteiger partial charge in [0.15, 0.2) is 0 Å². The van der Waals surface area contributed by atoms with Gasteiger partial charge in [0.1, 0.15) is 6.61 Å². The van der Waals surface area contributed by atoms with Gasteiger partial charge in [-0.05, 0) is 36.8 Å². The first-order valence-corrected chi connectivity index (χ1v) is 11.2. The molecule has 0 saturated carbocycles. The second kappa shape index (κ2) is 13.5. The van der Waals surface area contributed by atoms with Gasteiger partial charge in [-0.3, -0.25) is 19.9 Å². The fourth-order valence-electron chi connectivity index (χ4n) is 4.03. The van der Waals surface area contributed by atoms with Crippen molar-refractivity contribution < 1.29 is 19.2 Å². The van der Waals surface area contributed by atoms with Crippen molar-refractivity contribution in [1.82, 2.24) is 4.90 Å². The fourth-order valence-corrected chi connectivity index (χ4v) is 4.03. The Morgan fingerprint density at radius 2 is 2.11 bits per heavy atom. The minimum absolute atomic E-state index is 0.0177. The summed E-state index contributed by atoms with van der Waals surface area (Å²) in [5, 5.41) is 23.5. The SMILES string of the molecule is CCC1=NC(CCCCN=[N+]=[N-])=C(C(=O)OCCC#N)C(c2ccc([N+](=O)[O-])cc2)C1N(C)C=O. The van der Waals surface area contributed by atoms with Crippen LogP contribution in [0.25, 0.3) is 10.4 Å². The minimum Gasteiger partial charge on any atom is -0.461 e. The third-order valence-corrected chi connectivity index (χ3v) is 5.64. The van der Waals surface area contributed by atoms with Crippen LogP contribution in [0.2, 0.25) is 0 Å². The normalized spacial score (nSPS) is 17.0. The highest BCUT2D eigenvalue weighted by Gasteiger charge is 2.41. The number of nitro benzene ring substituents is 1. The number of unbranched alkanes of at least 4 members (excludes halogenated alkanes) is 1. The third kappa shape index (κ3) is 6.88. The first-order chi connectivity index (χ1) is 16.9. The van der Waals surface area contributed by atoms with E-state index in [2.05, 4.69) is 10.0 Å². The number of azide groups is 1. The maximum absolute atomic E-state index is 13.3. The van der Waals surface area contributed by atoms with Crippen molar-refractivity contribution in [2.45, 2.75) is 51.0 Å². The second-order valence-electron chi connectivity index (χ2n) is 7.81. The summed E-state index contributed by atoms with van der Waals surface area (Å²) >= 11 is 0. The molecule has 0 spiro atoms. The van der Waals surface area contributed by atoms with Crippen LogP contribution in [0.4, 0.5) is 5.69 Å². The lowest BCUT2D eigenvalue weighted by atomic mass is 9.77. The maximum atomic E-state index is 13.3. The summed E-state index contributed by atoms with van der Waals surface area (Å²) < 4.78 is 5.37. The molecule has 1 aliphatic heterocycles. The molecule has 1 heterocycles. The number of nitrogens with zero attached hydrogens (tertiary/aromatic N) is 7. The highest BCUT2D eigenvalue weighted by atomic mass is 16.6. The van der Waals surface area contributed by atoms with Gasteiger partial charge in [-0.1, -0.05) is 24.2 Å². The molecule has 1 amide bonds. The number of ether oxygens (including phenoxy) is 1. The Morgan fingerprint density at radius 1 is 1.40 bits per heavy atom. The number of nitro groups is 1. The average Bonchev–Trinajstić information content (AvgIpc) is 2.87. The van der Waals surface area contributed by atoms with E-state index in [9.17, 15) is 19.7 Å². The number of carbonyl (C=O) groups is 2. The summed E-state index contributed by atoms with van der Waals surface area (Å²) in [6.45, 7) is 2.10. The number of non-ortho nitro benzene ring substituents is 1. The highest BCUT2D eigenvalue weighted by molar-refractivity contribution is 6.00. The monoisotopic (exact) mass is 481 g/mol. The first-order valence-electron chi connectivity index (χ1n) is 11.2. The van der Waals surface area contributed by atoms with Crippen molar-refractivity contribution in [1.29, 1.82) is 5.26 Å². The van der Waals surface area contributed by atoms with E-state index in [-0.39, 0.29) is 24.3 Å². The molecule has 0 aromatic heterocycles. The summed E-state index contributed by atoms with van der Waals surface area (Å²) in [6, 6.07) is 7.15. The Kier molecular flexibility index (Phi) is 10.4. The molecule has 12 heteroatoms. The number of hydrogen-bond donors (Lipinski definition) is 0. The molecular weight excluding hydrogens is 454 g/mol. The van der Waals surface area contributed by atoms with Crippen LogP contribution in [0.5, 0.6) is 0 Å². The zero-order valence-corrected chi connectivity index (χ0v) is 19.7. The van der Waals surface area contributed by atoms with E-state index in [1.54, 1.807) is 19.2 Å². The molecule has 1 aromatic rings. The molecule has 35 heavy (non-hydrogen) atoms. The predicted molar refractivity (Wildman–Crippen MR) is 127 cm³/mol. The molecule has 12 nitrogen and oxygen atoms in total. The van der Waals surface area contributed by atoms with Gasteiger partial charge < -0.3 is 9.64 Å². The zero-order valence-electron chi connectivity index (χ0n) is 19.7. The van der Waals surface area contributed by atoms with E-state index < -0.39 is 22.9 Å². The second-order valence-corrected chi connectivity index (χ2v) is 7.81.